The fourth-order valence-corrected chi connectivity index (χ4v) is 2.11. The third-order valence-corrected chi connectivity index (χ3v) is 3.36. The van der Waals surface area contributed by atoms with Crippen molar-refractivity contribution in [2.24, 2.45) is 0 Å². The van der Waals surface area contributed by atoms with Crippen LogP contribution in [0.2, 0.25) is 5.02 Å². The minimum atomic E-state index is 0.158. The number of nitriles is 1. The number of halogens is 1. The van der Waals surface area contributed by atoms with Crippen LogP contribution < -0.4 is 5.32 Å². The number of hydrogen-bond acceptors (Lipinski definition) is 2. The third-order valence-electron chi connectivity index (χ3n) is 3.05. The van der Waals surface area contributed by atoms with Crippen LogP contribution in [0.25, 0.3) is 0 Å². The number of nitrogens with zero attached hydrogens (tertiary/aromatic N) is 1. The van der Waals surface area contributed by atoms with Crippen LogP contribution in [0.15, 0.2) is 42.5 Å². The maximum Gasteiger partial charge on any atom is 0.0992 e. The molecule has 0 bridgehead atoms. The highest BCUT2D eigenvalue weighted by atomic mass is 35.5. The van der Waals surface area contributed by atoms with Crippen molar-refractivity contribution in [2.75, 3.05) is 5.32 Å². The van der Waals surface area contributed by atoms with Gasteiger partial charge in [0.15, 0.2) is 0 Å². The second-order valence-corrected chi connectivity index (χ2v) is 4.99. The van der Waals surface area contributed by atoms with E-state index < -0.39 is 0 Å². The summed E-state index contributed by atoms with van der Waals surface area (Å²) in [6.07, 6.45) is 0. The van der Waals surface area contributed by atoms with Crippen molar-refractivity contribution in [1.29, 1.82) is 5.26 Å². The molecule has 3 heteroatoms. The Morgan fingerprint density at radius 2 is 1.84 bits per heavy atom. The molecule has 0 aromatic heterocycles. The van der Waals surface area contributed by atoms with Crippen molar-refractivity contribution in [3.05, 3.63) is 64.2 Å². The predicted molar refractivity (Wildman–Crippen MR) is 79.4 cm³/mol. The monoisotopic (exact) mass is 270 g/mol. The Hall–Kier alpha value is -1.98. The van der Waals surface area contributed by atoms with E-state index in [1.807, 2.05) is 6.07 Å². The van der Waals surface area contributed by atoms with E-state index in [-0.39, 0.29) is 6.04 Å². The Kier molecular flexibility index (Phi) is 4.09. The van der Waals surface area contributed by atoms with Crippen LogP contribution in [0.5, 0.6) is 0 Å². The second-order valence-electron chi connectivity index (χ2n) is 4.58. The molecule has 2 nitrogen and oxygen atoms in total. The maximum atomic E-state index is 8.81. The summed E-state index contributed by atoms with van der Waals surface area (Å²) < 4.78 is 0. The van der Waals surface area contributed by atoms with Crippen molar-refractivity contribution in [2.45, 2.75) is 19.9 Å². The Labute approximate surface area is 118 Å². The quantitative estimate of drug-likeness (QED) is 0.878. The molecule has 19 heavy (non-hydrogen) atoms. The molecule has 1 unspecified atom stereocenters. The van der Waals surface area contributed by atoms with Crippen LogP contribution >= 0.6 is 11.6 Å². The van der Waals surface area contributed by atoms with Gasteiger partial charge in [-0.25, -0.2) is 0 Å². The standard InChI is InChI=1S/C16H15ClN2/c1-11-3-6-14(7-4-11)12(2)19-16-8-5-13(10-18)9-15(16)17/h3-9,12,19H,1-2H3. The lowest BCUT2D eigenvalue weighted by atomic mass is 10.1. The first-order chi connectivity index (χ1) is 9.10. The van der Waals surface area contributed by atoms with Gasteiger partial charge in [-0.3, -0.25) is 0 Å². The molecular weight excluding hydrogens is 256 g/mol. The van der Waals surface area contributed by atoms with Crippen LogP contribution in [0, 0.1) is 18.3 Å². The molecule has 0 aliphatic heterocycles. The summed E-state index contributed by atoms with van der Waals surface area (Å²) >= 11 is 6.15. The first-order valence-corrected chi connectivity index (χ1v) is 6.50. The minimum absolute atomic E-state index is 0.158. The number of benzene rings is 2. The van der Waals surface area contributed by atoms with Crippen LogP contribution in [-0.2, 0) is 0 Å². The summed E-state index contributed by atoms with van der Waals surface area (Å²) in [5.41, 5.74) is 3.85. The third kappa shape index (κ3) is 3.27. The van der Waals surface area contributed by atoms with Crippen LogP contribution in [-0.4, -0.2) is 0 Å². The molecule has 0 aliphatic rings. The first kappa shape index (κ1) is 13.5. The fourth-order valence-electron chi connectivity index (χ4n) is 1.87. The molecule has 0 aliphatic carbocycles. The van der Waals surface area contributed by atoms with Gasteiger partial charge in [-0.1, -0.05) is 41.4 Å². The van der Waals surface area contributed by atoms with E-state index in [0.29, 0.717) is 10.6 Å². The first-order valence-electron chi connectivity index (χ1n) is 6.13. The normalized spacial score (nSPS) is 11.7. The van der Waals surface area contributed by atoms with E-state index in [2.05, 4.69) is 49.5 Å². The van der Waals surface area contributed by atoms with Gasteiger partial charge in [0.1, 0.15) is 0 Å². The predicted octanol–water partition coefficient (Wildman–Crippen LogP) is 4.69. The number of nitrogens with one attached hydrogen (secondary N) is 1. The van der Waals surface area contributed by atoms with Gasteiger partial charge in [-0.15, -0.1) is 0 Å². The minimum Gasteiger partial charge on any atom is -0.377 e. The van der Waals surface area contributed by atoms with Gasteiger partial charge in [0.25, 0.3) is 0 Å². The number of hydrogen-bond donors (Lipinski definition) is 1. The zero-order valence-electron chi connectivity index (χ0n) is 10.9. The zero-order valence-corrected chi connectivity index (χ0v) is 11.7. The molecule has 2 aromatic rings. The number of aryl methyl sites for hydroxylation is 1. The van der Waals surface area contributed by atoms with E-state index in [9.17, 15) is 0 Å². The molecule has 0 saturated heterocycles. The Morgan fingerprint density at radius 3 is 2.42 bits per heavy atom. The number of rotatable bonds is 3. The van der Waals surface area contributed by atoms with Gasteiger partial charge < -0.3 is 5.32 Å². The fraction of sp³-hybridized carbons (Fsp3) is 0.188. The van der Waals surface area contributed by atoms with Gasteiger partial charge in [0.05, 0.1) is 22.3 Å². The molecule has 0 heterocycles. The summed E-state index contributed by atoms with van der Waals surface area (Å²) in [5.74, 6) is 0. The molecule has 1 atom stereocenters. The number of anilines is 1. The molecule has 2 aromatic carbocycles. The molecule has 0 fully saturated rings. The van der Waals surface area contributed by atoms with Gasteiger partial charge in [0, 0.05) is 6.04 Å². The van der Waals surface area contributed by atoms with E-state index in [1.165, 1.54) is 11.1 Å². The van der Waals surface area contributed by atoms with Crippen molar-refractivity contribution in [1.82, 2.24) is 0 Å². The summed E-state index contributed by atoms with van der Waals surface area (Å²) in [6.45, 7) is 4.15. The van der Waals surface area contributed by atoms with Gasteiger partial charge >= 0.3 is 0 Å². The smallest absolute Gasteiger partial charge is 0.0992 e. The van der Waals surface area contributed by atoms with Crippen molar-refractivity contribution >= 4 is 17.3 Å². The highest BCUT2D eigenvalue weighted by Crippen LogP contribution is 2.27. The summed E-state index contributed by atoms with van der Waals surface area (Å²) in [4.78, 5) is 0. The van der Waals surface area contributed by atoms with E-state index in [0.717, 1.165) is 5.69 Å². The Balaban J connectivity index is 2.17. The van der Waals surface area contributed by atoms with Gasteiger partial charge in [-0.2, -0.15) is 5.26 Å². The largest absolute Gasteiger partial charge is 0.377 e. The molecule has 0 saturated carbocycles. The van der Waals surface area contributed by atoms with E-state index in [4.69, 9.17) is 16.9 Å². The molecule has 2 rings (SSSR count). The second kappa shape index (κ2) is 5.77. The highest BCUT2D eigenvalue weighted by molar-refractivity contribution is 6.33. The van der Waals surface area contributed by atoms with Crippen molar-refractivity contribution in [3.63, 3.8) is 0 Å². The van der Waals surface area contributed by atoms with Crippen molar-refractivity contribution < 1.29 is 0 Å². The molecule has 0 amide bonds. The average Bonchev–Trinajstić information content (AvgIpc) is 2.41. The molecule has 0 spiro atoms. The van der Waals surface area contributed by atoms with Crippen LogP contribution in [0.4, 0.5) is 5.69 Å². The molecule has 1 N–H and O–H groups in total. The summed E-state index contributed by atoms with van der Waals surface area (Å²) in [5, 5.41) is 12.7. The van der Waals surface area contributed by atoms with E-state index in [1.54, 1.807) is 12.1 Å². The lowest BCUT2D eigenvalue weighted by Crippen LogP contribution is -2.07. The van der Waals surface area contributed by atoms with Crippen LogP contribution in [0.3, 0.4) is 0 Å². The van der Waals surface area contributed by atoms with Crippen molar-refractivity contribution in [3.8, 4) is 6.07 Å². The Morgan fingerprint density at radius 1 is 1.16 bits per heavy atom. The molecule has 0 radical (unpaired) electrons. The lowest BCUT2D eigenvalue weighted by Gasteiger charge is -2.17. The zero-order chi connectivity index (χ0) is 13.8. The highest BCUT2D eigenvalue weighted by Gasteiger charge is 2.08. The molecule has 96 valence electrons. The van der Waals surface area contributed by atoms with Gasteiger partial charge in [-0.05, 0) is 37.6 Å². The van der Waals surface area contributed by atoms with E-state index >= 15 is 0 Å². The SMILES string of the molecule is Cc1ccc(C(C)Nc2ccc(C#N)cc2Cl)cc1. The van der Waals surface area contributed by atoms with Crippen LogP contribution in [0.1, 0.15) is 29.7 Å². The summed E-state index contributed by atoms with van der Waals surface area (Å²) in [7, 11) is 0. The maximum absolute atomic E-state index is 8.81. The Bertz CT molecular complexity index is 612. The topological polar surface area (TPSA) is 35.8 Å². The lowest BCUT2D eigenvalue weighted by molar-refractivity contribution is 0.884. The summed E-state index contributed by atoms with van der Waals surface area (Å²) in [6, 6.07) is 15.9. The van der Waals surface area contributed by atoms with Gasteiger partial charge in [0.2, 0.25) is 0 Å². The average molecular weight is 271 g/mol. The molecular formula is C16H15ClN2.